The lowest BCUT2D eigenvalue weighted by Crippen LogP contribution is -2.23. The zero-order chi connectivity index (χ0) is 14.4. The van der Waals surface area contributed by atoms with Gasteiger partial charge in [0, 0.05) is 11.8 Å². The molecule has 114 valence electrons. The Balaban J connectivity index is 0.00000220. The maximum atomic E-state index is 9.80. The second-order valence-electron chi connectivity index (χ2n) is 4.11. The van der Waals surface area contributed by atoms with Gasteiger partial charge in [-0.05, 0) is 24.3 Å². The van der Waals surface area contributed by atoms with Gasteiger partial charge in [0.1, 0.15) is 17.6 Å². The number of methoxy groups -OCH3 is 1. The van der Waals surface area contributed by atoms with Crippen LogP contribution < -0.4 is 15.8 Å². The molecule has 0 fully saturated rings. The molecule has 7 heteroatoms. The number of guanidine groups is 1. The van der Waals surface area contributed by atoms with E-state index in [-0.39, 0.29) is 36.5 Å². The quantitative estimate of drug-likeness (QED) is 0.405. The Morgan fingerprint density at radius 2 is 2.24 bits per heavy atom. The van der Waals surface area contributed by atoms with Crippen molar-refractivity contribution in [1.29, 1.82) is 0 Å². The molecule has 4 N–H and O–H groups in total. The molecule has 0 aliphatic rings. The van der Waals surface area contributed by atoms with Gasteiger partial charge in [0.05, 0.1) is 19.9 Å². The predicted molar refractivity (Wildman–Crippen MR) is 92.2 cm³/mol. The molecule has 1 aromatic carbocycles. The smallest absolute Gasteiger partial charge is 0.193 e. The number of aliphatic hydroxyl groups excluding tert-OH is 1. The lowest BCUT2D eigenvalue weighted by atomic mass is 10.3. The topological polar surface area (TPSA) is 93.0 Å². The molecule has 0 spiro atoms. The van der Waals surface area contributed by atoms with Crippen LogP contribution in [0.25, 0.3) is 0 Å². The Labute approximate surface area is 140 Å². The fourth-order valence-electron chi connectivity index (χ4n) is 1.64. The molecular formula is C14H18IN3O3. The Morgan fingerprint density at radius 1 is 1.43 bits per heavy atom. The van der Waals surface area contributed by atoms with Crippen molar-refractivity contribution in [3.05, 3.63) is 48.4 Å². The fraction of sp³-hybridized carbons (Fsp3) is 0.214. The van der Waals surface area contributed by atoms with Gasteiger partial charge in [0.2, 0.25) is 0 Å². The Kier molecular flexibility index (Phi) is 7.03. The van der Waals surface area contributed by atoms with Gasteiger partial charge >= 0.3 is 0 Å². The Morgan fingerprint density at radius 3 is 2.90 bits per heavy atom. The van der Waals surface area contributed by atoms with Crippen LogP contribution in [0.3, 0.4) is 0 Å². The van der Waals surface area contributed by atoms with Gasteiger partial charge in [-0.2, -0.15) is 0 Å². The second kappa shape index (κ2) is 8.53. The van der Waals surface area contributed by atoms with Crippen molar-refractivity contribution >= 4 is 35.6 Å². The molecule has 0 saturated heterocycles. The van der Waals surface area contributed by atoms with Gasteiger partial charge in [-0.3, -0.25) is 0 Å². The average molecular weight is 403 g/mol. The van der Waals surface area contributed by atoms with E-state index in [4.69, 9.17) is 14.9 Å². The van der Waals surface area contributed by atoms with Gasteiger partial charge in [0.25, 0.3) is 0 Å². The molecule has 1 unspecified atom stereocenters. The van der Waals surface area contributed by atoms with Gasteiger partial charge in [0.15, 0.2) is 5.96 Å². The lowest BCUT2D eigenvalue weighted by Gasteiger charge is -2.08. The third kappa shape index (κ3) is 5.27. The number of nitrogens with two attached hydrogens (primary N) is 1. The number of anilines is 1. The highest BCUT2D eigenvalue weighted by molar-refractivity contribution is 14.0. The van der Waals surface area contributed by atoms with Crippen molar-refractivity contribution in [2.45, 2.75) is 6.10 Å². The molecule has 1 aromatic heterocycles. The molecular weight excluding hydrogens is 385 g/mol. The number of nitrogens with zero attached hydrogens (tertiary/aromatic N) is 1. The van der Waals surface area contributed by atoms with Gasteiger partial charge in [-0.1, -0.05) is 6.07 Å². The third-order valence-corrected chi connectivity index (χ3v) is 2.65. The number of aliphatic hydroxyl groups is 1. The van der Waals surface area contributed by atoms with Crippen molar-refractivity contribution in [3.8, 4) is 5.75 Å². The number of hydrogen-bond acceptors (Lipinski definition) is 4. The van der Waals surface area contributed by atoms with Crippen molar-refractivity contribution < 1.29 is 14.3 Å². The van der Waals surface area contributed by atoms with Crippen LogP contribution in [-0.2, 0) is 0 Å². The first-order valence-electron chi connectivity index (χ1n) is 6.11. The highest BCUT2D eigenvalue weighted by Crippen LogP contribution is 2.16. The Bertz CT molecular complexity index is 573. The van der Waals surface area contributed by atoms with Crippen molar-refractivity contribution in [2.75, 3.05) is 19.0 Å². The van der Waals surface area contributed by atoms with E-state index in [1.54, 1.807) is 25.3 Å². The average Bonchev–Trinajstić information content (AvgIpc) is 2.99. The molecule has 0 amide bonds. The van der Waals surface area contributed by atoms with Gasteiger partial charge in [-0.25, -0.2) is 4.99 Å². The zero-order valence-corrected chi connectivity index (χ0v) is 13.9. The summed E-state index contributed by atoms with van der Waals surface area (Å²) >= 11 is 0. The van der Waals surface area contributed by atoms with E-state index in [2.05, 4.69) is 10.3 Å². The van der Waals surface area contributed by atoms with Crippen molar-refractivity contribution in [1.82, 2.24) is 0 Å². The number of hydrogen-bond donors (Lipinski definition) is 3. The van der Waals surface area contributed by atoms with Crippen molar-refractivity contribution in [3.63, 3.8) is 0 Å². The molecule has 21 heavy (non-hydrogen) atoms. The fourth-order valence-corrected chi connectivity index (χ4v) is 1.64. The number of halogens is 1. The van der Waals surface area contributed by atoms with E-state index >= 15 is 0 Å². The summed E-state index contributed by atoms with van der Waals surface area (Å²) in [6.45, 7) is 0.121. The number of ether oxygens (including phenoxy) is 1. The summed E-state index contributed by atoms with van der Waals surface area (Å²) in [5, 5.41) is 12.7. The first-order valence-corrected chi connectivity index (χ1v) is 6.11. The highest BCUT2D eigenvalue weighted by atomic mass is 127. The van der Waals surface area contributed by atoms with Crippen LogP contribution in [0.1, 0.15) is 11.9 Å². The minimum atomic E-state index is -0.810. The summed E-state index contributed by atoms with van der Waals surface area (Å²) in [6.07, 6.45) is 0.691. The molecule has 2 aromatic rings. The number of aliphatic imine (C=N–C) groups is 1. The number of rotatable bonds is 5. The highest BCUT2D eigenvalue weighted by Gasteiger charge is 2.09. The summed E-state index contributed by atoms with van der Waals surface area (Å²) in [7, 11) is 1.59. The van der Waals surface area contributed by atoms with E-state index < -0.39 is 6.10 Å². The molecule has 1 atom stereocenters. The van der Waals surface area contributed by atoms with Crippen molar-refractivity contribution in [2.24, 2.45) is 10.7 Å². The molecule has 0 radical (unpaired) electrons. The van der Waals surface area contributed by atoms with Crippen LogP contribution in [-0.4, -0.2) is 24.7 Å². The van der Waals surface area contributed by atoms with Crippen LogP contribution in [0.2, 0.25) is 0 Å². The van der Waals surface area contributed by atoms with Crippen LogP contribution in [0, 0.1) is 0 Å². The summed E-state index contributed by atoms with van der Waals surface area (Å²) in [5.41, 5.74) is 6.52. The van der Waals surface area contributed by atoms with E-state index in [0.29, 0.717) is 5.76 Å². The SMILES string of the molecule is COc1cccc(NC(N)=NCC(O)c2ccco2)c1.I. The largest absolute Gasteiger partial charge is 0.497 e. The first kappa shape index (κ1) is 17.3. The molecule has 0 bridgehead atoms. The summed E-state index contributed by atoms with van der Waals surface area (Å²) < 4.78 is 10.2. The Hall–Kier alpha value is -1.74. The third-order valence-electron chi connectivity index (χ3n) is 2.65. The number of benzene rings is 1. The van der Waals surface area contributed by atoms with E-state index in [1.807, 2.05) is 18.2 Å². The first-order chi connectivity index (χ1) is 9.69. The van der Waals surface area contributed by atoms with Crippen LogP contribution in [0.4, 0.5) is 5.69 Å². The lowest BCUT2D eigenvalue weighted by molar-refractivity contribution is 0.158. The minimum Gasteiger partial charge on any atom is -0.497 e. The normalized spacial score (nSPS) is 12.4. The number of nitrogens with one attached hydrogen (secondary N) is 1. The van der Waals surface area contributed by atoms with Crippen LogP contribution in [0.15, 0.2) is 52.1 Å². The standard InChI is InChI=1S/C14H17N3O3.HI/c1-19-11-5-2-4-10(8-11)17-14(15)16-9-12(18)13-6-3-7-20-13;/h2-8,12,18H,9H2,1H3,(H3,15,16,17);1H. The van der Waals surface area contributed by atoms with Crippen LogP contribution in [0.5, 0.6) is 5.75 Å². The molecule has 1 heterocycles. The zero-order valence-electron chi connectivity index (χ0n) is 11.5. The second-order valence-corrected chi connectivity index (χ2v) is 4.11. The molecule has 0 aliphatic heterocycles. The van der Waals surface area contributed by atoms with E-state index in [1.165, 1.54) is 6.26 Å². The maximum Gasteiger partial charge on any atom is 0.193 e. The molecule has 2 rings (SSSR count). The maximum absolute atomic E-state index is 9.80. The number of furan rings is 1. The summed E-state index contributed by atoms with van der Waals surface area (Å²) in [5.74, 6) is 1.39. The van der Waals surface area contributed by atoms with E-state index in [9.17, 15) is 5.11 Å². The summed E-state index contributed by atoms with van der Waals surface area (Å²) in [6, 6.07) is 10.7. The minimum absolute atomic E-state index is 0. The monoisotopic (exact) mass is 403 g/mol. The van der Waals surface area contributed by atoms with Crippen LogP contribution >= 0.6 is 24.0 Å². The van der Waals surface area contributed by atoms with Gasteiger partial charge < -0.3 is 25.3 Å². The van der Waals surface area contributed by atoms with E-state index in [0.717, 1.165) is 11.4 Å². The molecule has 0 saturated carbocycles. The molecule has 0 aliphatic carbocycles. The molecule has 6 nitrogen and oxygen atoms in total. The predicted octanol–water partition coefficient (Wildman–Crippen LogP) is 2.37. The summed E-state index contributed by atoms with van der Waals surface area (Å²) in [4.78, 5) is 4.06. The van der Waals surface area contributed by atoms with Gasteiger partial charge in [-0.15, -0.1) is 24.0 Å².